The fourth-order valence-corrected chi connectivity index (χ4v) is 4.84. The van der Waals surface area contributed by atoms with Gasteiger partial charge >= 0.3 is 0 Å². The summed E-state index contributed by atoms with van der Waals surface area (Å²) in [6.45, 7) is 4.21. The lowest BCUT2D eigenvalue weighted by Crippen LogP contribution is -2.30. The van der Waals surface area contributed by atoms with Crippen LogP contribution in [-0.2, 0) is 0 Å². The average molecular weight is 460 g/mol. The summed E-state index contributed by atoms with van der Waals surface area (Å²) in [4.78, 5) is 11.4. The first-order chi connectivity index (χ1) is 15.5. The first-order valence-electron chi connectivity index (χ1n) is 10.4. The highest BCUT2D eigenvalue weighted by atomic mass is 35.5. The molecule has 1 fully saturated rings. The Bertz CT molecular complexity index is 1250. The van der Waals surface area contributed by atoms with Crippen LogP contribution in [0.4, 0.5) is 5.69 Å². The predicted octanol–water partition coefficient (Wildman–Crippen LogP) is 5.71. The van der Waals surface area contributed by atoms with Crippen molar-refractivity contribution in [3.63, 3.8) is 0 Å². The van der Waals surface area contributed by atoms with Crippen molar-refractivity contribution < 1.29 is 0 Å². The minimum Gasteiger partial charge on any atom is -0.351 e. The number of pyridine rings is 2. The van der Waals surface area contributed by atoms with Crippen molar-refractivity contribution in [2.45, 2.75) is 25.9 Å². The summed E-state index contributed by atoms with van der Waals surface area (Å²) in [7, 11) is 0. The molecule has 5 rings (SSSR count). The molecule has 0 spiro atoms. The molecule has 3 aromatic heterocycles. The lowest BCUT2D eigenvalue weighted by Gasteiger charge is -2.29. The number of hydrogen-bond donors (Lipinski definition) is 1. The Morgan fingerprint density at radius 1 is 0.969 bits per heavy atom. The van der Waals surface area contributed by atoms with Crippen LogP contribution in [0, 0.1) is 13.8 Å². The predicted molar refractivity (Wildman–Crippen MR) is 132 cm³/mol. The Morgan fingerprint density at radius 3 is 2.47 bits per heavy atom. The van der Waals surface area contributed by atoms with Gasteiger partial charge in [0, 0.05) is 30.0 Å². The summed E-state index contributed by atoms with van der Waals surface area (Å²) in [5, 5.41) is 4.80. The van der Waals surface area contributed by atoms with Gasteiger partial charge in [0.15, 0.2) is 5.11 Å². The lowest BCUT2D eigenvalue weighted by atomic mass is 10.00. The SMILES string of the molecule is Cc1cc(C)cc(N2C(=S)NC(c3ccccn3)C2c2cccn2-c2ccc(Cl)cn2)c1. The first-order valence-corrected chi connectivity index (χ1v) is 11.2. The molecule has 1 saturated heterocycles. The maximum Gasteiger partial charge on any atom is 0.174 e. The molecule has 0 radical (unpaired) electrons. The van der Waals surface area contributed by atoms with E-state index >= 15 is 0 Å². The minimum atomic E-state index is -0.120. The van der Waals surface area contributed by atoms with E-state index in [1.54, 1.807) is 6.20 Å². The number of nitrogens with zero attached hydrogens (tertiary/aromatic N) is 4. The van der Waals surface area contributed by atoms with Crippen molar-refractivity contribution in [3.05, 3.63) is 107 Å². The van der Waals surface area contributed by atoms with Crippen LogP contribution in [0.25, 0.3) is 5.82 Å². The van der Waals surface area contributed by atoms with Gasteiger partial charge in [0.25, 0.3) is 0 Å². The molecular weight excluding hydrogens is 438 g/mol. The van der Waals surface area contributed by atoms with E-state index in [0.717, 1.165) is 22.9 Å². The van der Waals surface area contributed by atoms with Crippen molar-refractivity contribution in [2.75, 3.05) is 4.90 Å². The molecule has 0 bridgehead atoms. The zero-order chi connectivity index (χ0) is 22.2. The van der Waals surface area contributed by atoms with Crippen LogP contribution in [-0.4, -0.2) is 19.6 Å². The van der Waals surface area contributed by atoms with Gasteiger partial charge in [-0.2, -0.15) is 0 Å². The molecule has 0 saturated carbocycles. The topological polar surface area (TPSA) is 46.0 Å². The van der Waals surface area contributed by atoms with E-state index in [0.29, 0.717) is 10.1 Å². The number of thiocarbonyl (C=S) groups is 1. The van der Waals surface area contributed by atoms with E-state index in [-0.39, 0.29) is 12.1 Å². The Morgan fingerprint density at radius 2 is 1.78 bits per heavy atom. The number of hydrogen-bond acceptors (Lipinski definition) is 3. The fourth-order valence-electron chi connectivity index (χ4n) is 4.38. The molecule has 5 nitrogen and oxygen atoms in total. The number of rotatable bonds is 4. The zero-order valence-corrected chi connectivity index (χ0v) is 19.3. The number of aryl methyl sites for hydroxylation is 2. The van der Waals surface area contributed by atoms with Crippen molar-refractivity contribution in [3.8, 4) is 5.82 Å². The van der Waals surface area contributed by atoms with Crippen LogP contribution in [0.15, 0.2) is 79.3 Å². The molecule has 4 heterocycles. The molecule has 160 valence electrons. The van der Waals surface area contributed by atoms with Crippen LogP contribution >= 0.6 is 23.8 Å². The van der Waals surface area contributed by atoms with E-state index in [2.05, 4.69) is 62.9 Å². The summed E-state index contributed by atoms with van der Waals surface area (Å²) in [5.74, 6) is 0.798. The molecule has 1 aliphatic rings. The van der Waals surface area contributed by atoms with Crippen LogP contribution in [0.1, 0.15) is 34.6 Å². The van der Waals surface area contributed by atoms with Gasteiger partial charge in [0.2, 0.25) is 0 Å². The second-order valence-corrected chi connectivity index (χ2v) is 8.80. The zero-order valence-electron chi connectivity index (χ0n) is 17.7. The summed E-state index contributed by atoms with van der Waals surface area (Å²) in [5.41, 5.74) is 5.43. The molecule has 32 heavy (non-hydrogen) atoms. The molecule has 2 atom stereocenters. The van der Waals surface area contributed by atoms with E-state index < -0.39 is 0 Å². The molecule has 2 unspecified atom stereocenters. The molecule has 1 aliphatic heterocycles. The third kappa shape index (κ3) is 3.76. The molecule has 7 heteroatoms. The Kier molecular flexibility index (Phi) is 5.41. The first kappa shape index (κ1) is 20.7. The summed E-state index contributed by atoms with van der Waals surface area (Å²) < 4.78 is 2.09. The maximum absolute atomic E-state index is 6.08. The Labute approximate surface area is 197 Å². The van der Waals surface area contributed by atoms with Crippen molar-refractivity contribution >= 4 is 34.6 Å². The van der Waals surface area contributed by atoms with Gasteiger partial charge in [-0.3, -0.25) is 4.98 Å². The van der Waals surface area contributed by atoms with Crippen LogP contribution in [0.5, 0.6) is 0 Å². The lowest BCUT2D eigenvalue weighted by molar-refractivity contribution is 0.548. The van der Waals surface area contributed by atoms with E-state index in [9.17, 15) is 0 Å². The van der Waals surface area contributed by atoms with Crippen LogP contribution in [0.3, 0.4) is 0 Å². The smallest absolute Gasteiger partial charge is 0.174 e. The number of halogens is 1. The number of aromatic nitrogens is 3. The Hall–Kier alpha value is -3.22. The molecule has 1 N–H and O–H groups in total. The highest BCUT2D eigenvalue weighted by molar-refractivity contribution is 7.80. The van der Waals surface area contributed by atoms with Crippen molar-refractivity contribution in [1.29, 1.82) is 0 Å². The summed E-state index contributed by atoms with van der Waals surface area (Å²) in [6, 6.07) is 20.1. The van der Waals surface area contributed by atoms with Crippen LogP contribution < -0.4 is 10.2 Å². The molecule has 1 aromatic carbocycles. The highest BCUT2D eigenvalue weighted by Gasteiger charge is 2.42. The third-order valence-electron chi connectivity index (χ3n) is 5.62. The molecule has 0 aliphatic carbocycles. The second kappa shape index (κ2) is 8.37. The van der Waals surface area contributed by atoms with Gasteiger partial charge in [-0.05, 0) is 85.7 Å². The second-order valence-electron chi connectivity index (χ2n) is 7.98. The quantitative estimate of drug-likeness (QED) is 0.396. The molecular formula is C25H22ClN5S. The summed E-state index contributed by atoms with van der Waals surface area (Å²) in [6.07, 6.45) is 5.49. The number of benzene rings is 1. The van der Waals surface area contributed by atoms with Gasteiger partial charge in [-0.1, -0.05) is 23.7 Å². The van der Waals surface area contributed by atoms with Gasteiger partial charge in [0.1, 0.15) is 11.9 Å². The minimum absolute atomic E-state index is 0.119. The van der Waals surface area contributed by atoms with Gasteiger partial charge in [0.05, 0.1) is 16.8 Å². The summed E-state index contributed by atoms with van der Waals surface area (Å²) >= 11 is 11.9. The van der Waals surface area contributed by atoms with Crippen LogP contribution in [0.2, 0.25) is 5.02 Å². The average Bonchev–Trinajstić information content (AvgIpc) is 3.38. The molecule has 4 aromatic rings. The standard InChI is InChI=1S/C25H22ClN5S/c1-16-12-17(2)14-19(13-16)31-24(23(29-25(31)32)20-6-3-4-10-27-20)21-7-5-11-30(21)22-9-8-18(26)15-28-22/h3-15,23-24H,1-2H3,(H,29,32). The maximum atomic E-state index is 6.08. The van der Waals surface area contributed by atoms with E-state index in [4.69, 9.17) is 23.8 Å². The van der Waals surface area contributed by atoms with Gasteiger partial charge < -0.3 is 14.8 Å². The normalized spacial score (nSPS) is 18.1. The van der Waals surface area contributed by atoms with Gasteiger partial charge in [-0.25, -0.2) is 4.98 Å². The van der Waals surface area contributed by atoms with Crippen molar-refractivity contribution in [1.82, 2.24) is 19.9 Å². The van der Waals surface area contributed by atoms with Crippen molar-refractivity contribution in [2.24, 2.45) is 0 Å². The van der Waals surface area contributed by atoms with E-state index in [1.165, 1.54) is 11.1 Å². The Balaban J connectivity index is 1.68. The third-order valence-corrected chi connectivity index (χ3v) is 6.16. The highest BCUT2D eigenvalue weighted by Crippen LogP contribution is 2.42. The van der Waals surface area contributed by atoms with Gasteiger partial charge in [-0.15, -0.1) is 0 Å². The monoisotopic (exact) mass is 459 g/mol. The number of nitrogens with one attached hydrogen (secondary N) is 1. The molecule has 0 amide bonds. The van der Waals surface area contributed by atoms with E-state index in [1.807, 2.05) is 48.8 Å². The number of anilines is 1. The largest absolute Gasteiger partial charge is 0.351 e. The fraction of sp³-hybridized carbons (Fsp3) is 0.160.